The zero-order chi connectivity index (χ0) is 11.8. The lowest BCUT2D eigenvalue weighted by Gasteiger charge is -2.02. The highest BCUT2D eigenvalue weighted by Gasteiger charge is 2.07. The van der Waals surface area contributed by atoms with Crippen molar-refractivity contribution in [2.75, 3.05) is 7.11 Å². The van der Waals surface area contributed by atoms with Crippen molar-refractivity contribution in [3.63, 3.8) is 0 Å². The minimum Gasteiger partial charge on any atom is -0.469 e. The molecule has 2 nitrogen and oxygen atoms in total. The molecule has 3 heteroatoms. The van der Waals surface area contributed by atoms with E-state index < -0.39 is 5.97 Å². The second-order valence-electron chi connectivity index (χ2n) is 2.85. The zero-order valence-corrected chi connectivity index (χ0v) is 9.63. The molecule has 0 heterocycles. The third-order valence-corrected chi connectivity index (χ3v) is 1.77. The molecular formula is C12H17FO2. The molecule has 0 aliphatic rings. The van der Waals surface area contributed by atoms with Crippen LogP contribution in [0.3, 0.4) is 0 Å². The zero-order valence-electron chi connectivity index (χ0n) is 9.63. The van der Waals surface area contributed by atoms with Crippen LogP contribution in [0.25, 0.3) is 0 Å². The summed E-state index contributed by atoms with van der Waals surface area (Å²) in [5.41, 5.74) is 1.21. The summed E-state index contributed by atoms with van der Waals surface area (Å²) < 4.78 is 17.6. The minimum atomic E-state index is -0.428. The van der Waals surface area contributed by atoms with Crippen LogP contribution in [0.4, 0.5) is 4.39 Å². The van der Waals surface area contributed by atoms with Crippen molar-refractivity contribution in [3.8, 4) is 0 Å². The summed E-state index contributed by atoms with van der Waals surface area (Å²) in [6.45, 7) is 5.80. The van der Waals surface area contributed by atoms with E-state index in [2.05, 4.69) is 4.74 Å². The lowest BCUT2D eigenvalue weighted by molar-refractivity contribution is -0.139. The Morgan fingerprint density at radius 3 is 2.47 bits per heavy atom. The summed E-state index contributed by atoms with van der Waals surface area (Å²) in [5.74, 6) is -0.784. The van der Waals surface area contributed by atoms with Crippen LogP contribution >= 0.6 is 0 Å². The summed E-state index contributed by atoms with van der Waals surface area (Å²) in [6.07, 6.45) is -0.0113. The maximum Gasteiger partial charge on any atom is 0.310 e. The predicted molar refractivity (Wildman–Crippen MR) is 58.2 cm³/mol. The van der Waals surface area contributed by atoms with E-state index in [0.29, 0.717) is 5.56 Å². The number of esters is 1. The number of halogens is 1. The number of benzene rings is 1. The second kappa shape index (κ2) is 6.98. The molecule has 0 N–H and O–H groups in total. The Kier molecular flexibility index (Phi) is 6.34. The van der Waals surface area contributed by atoms with Gasteiger partial charge in [0.05, 0.1) is 13.5 Å². The summed E-state index contributed by atoms with van der Waals surface area (Å²) in [6, 6.07) is 4.77. The molecule has 0 aromatic heterocycles. The minimum absolute atomic E-state index is 0.0113. The molecule has 0 radical (unpaired) electrons. The third kappa shape index (κ3) is 4.58. The molecule has 0 bridgehead atoms. The number of rotatable bonds is 2. The number of ether oxygens (including phenoxy) is 1. The second-order valence-corrected chi connectivity index (χ2v) is 2.85. The van der Waals surface area contributed by atoms with Gasteiger partial charge in [0.15, 0.2) is 0 Å². The Morgan fingerprint density at radius 2 is 2.00 bits per heavy atom. The van der Waals surface area contributed by atoms with Gasteiger partial charge in [-0.05, 0) is 24.1 Å². The fourth-order valence-corrected chi connectivity index (χ4v) is 1.02. The van der Waals surface area contributed by atoms with Crippen molar-refractivity contribution < 1.29 is 13.9 Å². The first-order valence-electron chi connectivity index (χ1n) is 4.95. The highest BCUT2D eigenvalue weighted by molar-refractivity contribution is 5.72. The Labute approximate surface area is 90.1 Å². The molecule has 0 unspecified atom stereocenters. The van der Waals surface area contributed by atoms with Crippen molar-refractivity contribution in [1.82, 2.24) is 0 Å². The van der Waals surface area contributed by atoms with Crippen LogP contribution in [-0.4, -0.2) is 13.1 Å². The van der Waals surface area contributed by atoms with Gasteiger partial charge in [0, 0.05) is 0 Å². The molecule has 1 aromatic rings. The average Bonchev–Trinajstić information content (AvgIpc) is 2.25. The summed E-state index contributed by atoms with van der Waals surface area (Å²) in [4.78, 5) is 10.8. The first kappa shape index (κ1) is 13.6. The summed E-state index contributed by atoms with van der Waals surface area (Å²) in [7, 11) is 1.29. The van der Waals surface area contributed by atoms with Crippen molar-refractivity contribution in [3.05, 3.63) is 35.1 Å². The summed E-state index contributed by atoms with van der Waals surface area (Å²) >= 11 is 0. The van der Waals surface area contributed by atoms with Gasteiger partial charge in [0.2, 0.25) is 0 Å². The lowest BCUT2D eigenvalue weighted by atomic mass is 10.1. The number of carbonyl (C=O) groups is 1. The van der Waals surface area contributed by atoms with Crippen molar-refractivity contribution in [2.45, 2.75) is 27.2 Å². The van der Waals surface area contributed by atoms with Gasteiger partial charge in [-0.25, -0.2) is 4.39 Å². The highest BCUT2D eigenvalue weighted by atomic mass is 19.1. The Morgan fingerprint density at radius 1 is 1.40 bits per heavy atom. The molecule has 0 amide bonds. The molecule has 0 aliphatic heterocycles. The molecule has 15 heavy (non-hydrogen) atoms. The Bertz CT molecular complexity index is 321. The van der Waals surface area contributed by atoms with Gasteiger partial charge in [0.1, 0.15) is 5.82 Å². The largest absolute Gasteiger partial charge is 0.469 e. The fraction of sp³-hybridized carbons (Fsp3) is 0.417. The van der Waals surface area contributed by atoms with Crippen LogP contribution in [0.5, 0.6) is 0 Å². The lowest BCUT2D eigenvalue weighted by Crippen LogP contribution is -2.06. The van der Waals surface area contributed by atoms with Crippen LogP contribution in [0, 0.1) is 12.7 Å². The van der Waals surface area contributed by atoms with Crippen LogP contribution < -0.4 is 0 Å². The molecule has 0 saturated carbocycles. The van der Waals surface area contributed by atoms with Gasteiger partial charge in [-0.15, -0.1) is 0 Å². The van der Waals surface area contributed by atoms with E-state index in [1.165, 1.54) is 13.2 Å². The van der Waals surface area contributed by atoms with Gasteiger partial charge in [-0.2, -0.15) is 0 Å². The SMILES string of the molecule is CC.COC(=O)Cc1ccc(C)cc1F. The van der Waals surface area contributed by atoms with Gasteiger partial charge in [-0.1, -0.05) is 26.0 Å². The molecule has 0 saturated heterocycles. The number of carbonyl (C=O) groups excluding carboxylic acids is 1. The monoisotopic (exact) mass is 212 g/mol. The summed E-state index contributed by atoms with van der Waals surface area (Å²) in [5, 5.41) is 0. The number of aryl methyl sites for hydroxylation is 1. The fourth-order valence-electron chi connectivity index (χ4n) is 1.02. The molecule has 84 valence electrons. The molecule has 0 spiro atoms. The van der Waals surface area contributed by atoms with Crippen LogP contribution in [0.1, 0.15) is 25.0 Å². The molecular weight excluding hydrogens is 195 g/mol. The number of hydrogen-bond donors (Lipinski definition) is 0. The van der Waals surface area contributed by atoms with E-state index in [1.807, 2.05) is 13.8 Å². The third-order valence-electron chi connectivity index (χ3n) is 1.77. The van der Waals surface area contributed by atoms with Gasteiger partial charge in [0.25, 0.3) is 0 Å². The quantitative estimate of drug-likeness (QED) is 0.704. The first-order chi connectivity index (χ1) is 7.13. The Balaban J connectivity index is 0.000000921. The van der Waals surface area contributed by atoms with Crippen LogP contribution in [0.2, 0.25) is 0 Å². The van der Waals surface area contributed by atoms with Crippen molar-refractivity contribution >= 4 is 5.97 Å². The van der Waals surface area contributed by atoms with E-state index >= 15 is 0 Å². The van der Waals surface area contributed by atoms with Gasteiger partial charge < -0.3 is 4.74 Å². The number of methoxy groups -OCH3 is 1. The van der Waals surface area contributed by atoms with Crippen LogP contribution in [-0.2, 0) is 16.0 Å². The molecule has 1 rings (SSSR count). The highest BCUT2D eigenvalue weighted by Crippen LogP contribution is 2.10. The van der Waals surface area contributed by atoms with E-state index in [-0.39, 0.29) is 12.2 Å². The molecule has 0 fully saturated rings. The molecule has 0 atom stereocenters. The molecule has 0 aliphatic carbocycles. The normalized spacial score (nSPS) is 8.87. The maximum atomic E-state index is 13.1. The maximum absolute atomic E-state index is 13.1. The van der Waals surface area contributed by atoms with Gasteiger partial charge in [-0.3, -0.25) is 4.79 Å². The van der Waals surface area contributed by atoms with Crippen molar-refractivity contribution in [2.24, 2.45) is 0 Å². The topological polar surface area (TPSA) is 26.3 Å². The van der Waals surface area contributed by atoms with E-state index in [4.69, 9.17) is 0 Å². The predicted octanol–water partition coefficient (Wildman–Crippen LogP) is 2.88. The Hall–Kier alpha value is -1.38. The van der Waals surface area contributed by atoms with Crippen LogP contribution in [0.15, 0.2) is 18.2 Å². The van der Waals surface area contributed by atoms with Gasteiger partial charge >= 0.3 is 5.97 Å². The van der Waals surface area contributed by atoms with Crippen molar-refractivity contribution in [1.29, 1.82) is 0 Å². The smallest absolute Gasteiger partial charge is 0.310 e. The van der Waals surface area contributed by atoms with E-state index in [0.717, 1.165) is 5.56 Å². The standard InChI is InChI=1S/C10H11FO2.C2H6/c1-7-3-4-8(9(11)5-7)6-10(12)13-2;1-2/h3-5H,6H2,1-2H3;1-2H3. The average molecular weight is 212 g/mol. The molecule has 1 aromatic carbocycles. The van der Waals surface area contributed by atoms with E-state index in [1.54, 1.807) is 19.1 Å². The first-order valence-corrected chi connectivity index (χ1v) is 4.95. The number of hydrogen-bond acceptors (Lipinski definition) is 2. The van der Waals surface area contributed by atoms with E-state index in [9.17, 15) is 9.18 Å².